The molecular formula is C18H31NO3S2. The fourth-order valence-electron chi connectivity index (χ4n) is 3.75. The lowest BCUT2D eigenvalue weighted by molar-refractivity contribution is -0.159. The molecule has 4 atom stereocenters. The van der Waals surface area contributed by atoms with Crippen LogP contribution in [0.25, 0.3) is 0 Å². The second-order valence-electron chi connectivity index (χ2n) is 6.72. The normalized spacial score (nSPS) is 28.2. The average Bonchev–Trinajstić information content (AvgIpc) is 3.16. The SMILES string of the molecule is C=CCSC[C@H]1[C@@H](CCSCCCCC(=O)N(C)O)[C@H]2CC[C@@H]1O2. The highest BCUT2D eigenvalue weighted by molar-refractivity contribution is 7.99. The standard InChI is InChI=1S/C18H31NO3S2/c1-3-10-24-13-15-14(16-7-8-17(15)22-16)9-12-23-11-5-4-6-18(20)19(2)21/h3,14-17,21H,1,4-13H2,2H3/t14-,15+,16-,17+/m1/s1. The predicted octanol–water partition coefficient (Wildman–Crippen LogP) is 3.84. The lowest BCUT2D eigenvalue weighted by atomic mass is 9.79. The minimum absolute atomic E-state index is 0.195. The smallest absolute Gasteiger partial charge is 0.245 e. The number of nitrogens with zero attached hydrogens (tertiary/aromatic N) is 1. The summed E-state index contributed by atoms with van der Waals surface area (Å²) in [5.41, 5.74) is 0. The molecular weight excluding hydrogens is 342 g/mol. The van der Waals surface area contributed by atoms with E-state index < -0.39 is 0 Å². The fourth-order valence-corrected chi connectivity index (χ4v) is 5.84. The number of hydroxylamine groups is 2. The fraction of sp³-hybridized carbons (Fsp3) is 0.833. The topological polar surface area (TPSA) is 49.8 Å². The van der Waals surface area contributed by atoms with Crippen molar-refractivity contribution < 1.29 is 14.7 Å². The minimum atomic E-state index is -0.195. The van der Waals surface area contributed by atoms with Crippen LogP contribution in [0, 0.1) is 11.8 Å². The Morgan fingerprint density at radius 3 is 2.71 bits per heavy atom. The molecule has 0 aromatic heterocycles. The molecule has 0 radical (unpaired) electrons. The van der Waals surface area contributed by atoms with E-state index in [9.17, 15) is 4.79 Å². The van der Waals surface area contributed by atoms with Gasteiger partial charge in [0.25, 0.3) is 0 Å². The Kier molecular flexibility index (Phi) is 9.01. The number of unbranched alkanes of at least 4 members (excludes halogenated alkanes) is 1. The van der Waals surface area contributed by atoms with E-state index in [0.717, 1.165) is 36.2 Å². The first-order chi connectivity index (χ1) is 11.6. The van der Waals surface area contributed by atoms with Crippen LogP contribution >= 0.6 is 23.5 Å². The van der Waals surface area contributed by atoms with Gasteiger partial charge >= 0.3 is 0 Å². The van der Waals surface area contributed by atoms with Crippen molar-refractivity contribution in [2.45, 2.75) is 50.7 Å². The predicted molar refractivity (Wildman–Crippen MR) is 103 cm³/mol. The molecule has 0 spiro atoms. The quantitative estimate of drug-likeness (QED) is 0.244. The highest BCUT2D eigenvalue weighted by Crippen LogP contribution is 2.46. The molecule has 2 fully saturated rings. The highest BCUT2D eigenvalue weighted by atomic mass is 32.2. The largest absolute Gasteiger partial charge is 0.374 e. The molecule has 2 bridgehead atoms. The van der Waals surface area contributed by atoms with Crippen LogP contribution in [-0.4, -0.2) is 58.4 Å². The molecule has 24 heavy (non-hydrogen) atoms. The lowest BCUT2D eigenvalue weighted by Crippen LogP contribution is -2.29. The minimum Gasteiger partial charge on any atom is -0.374 e. The highest BCUT2D eigenvalue weighted by Gasteiger charge is 2.47. The van der Waals surface area contributed by atoms with Crippen molar-refractivity contribution in [2.24, 2.45) is 11.8 Å². The van der Waals surface area contributed by atoms with Gasteiger partial charge in [0.15, 0.2) is 0 Å². The number of fused-ring (bicyclic) bond motifs is 2. The Morgan fingerprint density at radius 2 is 2.00 bits per heavy atom. The molecule has 1 amide bonds. The zero-order valence-electron chi connectivity index (χ0n) is 14.7. The first-order valence-corrected chi connectivity index (χ1v) is 11.3. The number of amides is 1. The van der Waals surface area contributed by atoms with Crippen molar-refractivity contribution in [3.8, 4) is 0 Å². The van der Waals surface area contributed by atoms with Crippen LogP contribution in [0.3, 0.4) is 0 Å². The Hall–Kier alpha value is -0.170. The molecule has 4 nitrogen and oxygen atoms in total. The average molecular weight is 374 g/mol. The summed E-state index contributed by atoms with van der Waals surface area (Å²) in [7, 11) is 1.39. The molecule has 2 heterocycles. The molecule has 2 aliphatic heterocycles. The van der Waals surface area contributed by atoms with Gasteiger partial charge in [-0.3, -0.25) is 10.0 Å². The van der Waals surface area contributed by atoms with E-state index in [1.165, 1.54) is 37.8 Å². The molecule has 2 saturated heterocycles. The van der Waals surface area contributed by atoms with Crippen LogP contribution in [0.15, 0.2) is 12.7 Å². The van der Waals surface area contributed by atoms with Crippen molar-refractivity contribution in [1.29, 1.82) is 0 Å². The first kappa shape index (κ1) is 20.1. The van der Waals surface area contributed by atoms with Gasteiger partial charge in [0.1, 0.15) is 0 Å². The van der Waals surface area contributed by atoms with E-state index in [2.05, 4.69) is 6.58 Å². The summed E-state index contributed by atoms with van der Waals surface area (Å²) in [5, 5.41) is 9.68. The Bertz CT molecular complexity index is 406. The first-order valence-electron chi connectivity index (χ1n) is 9.00. The van der Waals surface area contributed by atoms with E-state index in [-0.39, 0.29) is 5.91 Å². The summed E-state index contributed by atoms with van der Waals surface area (Å²) in [4.78, 5) is 11.3. The number of hydrogen-bond acceptors (Lipinski definition) is 5. The molecule has 1 N–H and O–H groups in total. The summed E-state index contributed by atoms with van der Waals surface area (Å²) in [6.45, 7) is 3.80. The van der Waals surface area contributed by atoms with Crippen molar-refractivity contribution in [3.63, 3.8) is 0 Å². The maximum absolute atomic E-state index is 11.3. The molecule has 0 unspecified atom stereocenters. The third-order valence-corrected chi connectivity index (χ3v) is 7.22. The van der Waals surface area contributed by atoms with E-state index in [0.29, 0.717) is 23.7 Å². The van der Waals surface area contributed by atoms with E-state index >= 15 is 0 Å². The van der Waals surface area contributed by atoms with Crippen molar-refractivity contribution in [2.75, 3.05) is 30.1 Å². The van der Waals surface area contributed by atoms with Gasteiger partial charge in [-0.1, -0.05) is 6.08 Å². The van der Waals surface area contributed by atoms with E-state index in [1.807, 2.05) is 29.6 Å². The molecule has 2 rings (SSSR count). The summed E-state index contributed by atoms with van der Waals surface area (Å²) in [6.07, 6.45) is 9.08. The summed E-state index contributed by atoms with van der Waals surface area (Å²) in [5.74, 6) is 5.80. The van der Waals surface area contributed by atoms with Crippen LogP contribution in [-0.2, 0) is 9.53 Å². The van der Waals surface area contributed by atoms with Crippen LogP contribution < -0.4 is 0 Å². The maximum atomic E-state index is 11.3. The number of carbonyl (C=O) groups excluding carboxylic acids is 1. The van der Waals surface area contributed by atoms with Gasteiger partial charge in [-0.05, 0) is 61.2 Å². The number of thioether (sulfide) groups is 2. The Morgan fingerprint density at radius 1 is 1.25 bits per heavy atom. The van der Waals surface area contributed by atoms with E-state index in [1.54, 1.807) is 0 Å². The molecule has 138 valence electrons. The molecule has 0 saturated carbocycles. The monoisotopic (exact) mass is 373 g/mol. The zero-order valence-corrected chi connectivity index (χ0v) is 16.3. The maximum Gasteiger partial charge on any atom is 0.245 e. The zero-order chi connectivity index (χ0) is 17.4. The van der Waals surface area contributed by atoms with Gasteiger partial charge in [0.2, 0.25) is 5.91 Å². The van der Waals surface area contributed by atoms with Gasteiger partial charge in [-0.15, -0.1) is 6.58 Å². The van der Waals surface area contributed by atoms with Crippen molar-refractivity contribution >= 4 is 29.4 Å². The van der Waals surface area contributed by atoms with Gasteiger partial charge < -0.3 is 4.74 Å². The number of rotatable bonds is 12. The molecule has 2 aliphatic rings. The molecule has 6 heteroatoms. The summed E-state index contributed by atoms with van der Waals surface area (Å²) >= 11 is 3.98. The molecule has 0 aromatic rings. The van der Waals surface area contributed by atoms with Crippen molar-refractivity contribution in [1.82, 2.24) is 5.06 Å². The lowest BCUT2D eigenvalue weighted by Gasteiger charge is -2.27. The van der Waals surface area contributed by atoms with Crippen LogP contribution in [0.5, 0.6) is 0 Å². The third-order valence-electron chi connectivity index (χ3n) is 5.02. The third kappa shape index (κ3) is 5.97. The Labute approximate surface area is 154 Å². The number of ether oxygens (including phenoxy) is 1. The molecule has 0 aromatic carbocycles. The van der Waals surface area contributed by atoms with Gasteiger partial charge in [-0.25, -0.2) is 5.06 Å². The van der Waals surface area contributed by atoms with Crippen LogP contribution in [0.2, 0.25) is 0 Å². The number of hydrogen-bond donors (Lipinski definition) is 1. The summed E-state index contributed by atoms with van der Waals surface area (Å²) < 4.78 is 6.16. The Balaban J connectivity index is 1.57. The second kappa shape index (κ2) is 10.7. The van der Waals surface area contributed by atoms with Crippen molar-refractivity contribution in [3.05, 3.63) is 12.7 Å². The van der Waals surface area contributed by atoms with Crippen LogP contribution in [0.1, 0.15) is 38.5 Å². The number of carbonyl (C=O) groups is 1. The van der Waals surface area contributed by atoms with Gasteiger partial charge in [0.05, 0.1) is 12.2 Å². The summed E-state index contributed by atoms with van der Waals surface area (Å²) in [6, 6.07) is 0. The van der Waals surface area contributed by atoms with Gasteiger partial charge in [-0.2, -0.15) is 23.5 Å². The van der Waals surface area contributed by atoms with Crippen LogP contribution in [0.4, 0.5) is 0 Å². The molecule has 0 aliphatic carbocycles. The van der Waals surface area contributed by atoms with E-state index in [4.69, 9.17) is 9.94 Å². The second-order valence-corrected chi connectivity index (χ2v) is 9.02. The van der Waals surface area contributed by atoms with Gasteiger partial charge in [0, 0.05) is 19.2 Å².